The Hall–Kier alpha value is -2.17. The first kappa shape index (κ1) is 21.1. The number of carbonyl (C=O) groups is 3. The van der Waals surface area contributed by atoms with E-state index in [1.54, 1.807) is 0 Å². The molecule has 0 aliphatic carbocycles. The Morgan fingerprint density at radius 3 is 2.52 bits per heavy atom. The molecule has 0 spiro atoms. The van der Waals surface area contributed by atoms with Crippen LogP contribution in [0.15, 0.2) is 29.2 Å². The van der Waals surface area contributed by atoms with E-state index in [1.165, 1.54) is 31.3 Å². The number of halogens is 1. The van der Waals surface area contributed by atoms with Crippen LogP contribution in [0.4, 0.5) is 0 Å². The first-order valence-electron chi connectivity index (χ1n) is 8.17. The minimum Gasteiger partial charge on any atom is -0.454 e. The number of ether oxygens (including phenoxy) is 1. The molecule has 2 N–H and O–H groups in total. The fraction of sp³-hybridized carbons (Fsp3) is 0.438. The van der Waals surface area contributed by atoms with E-state index in [4.69, 9.17) is 16.3 Å². The molecule has 2 amide bonds. The lowest BCUT2D eigenvalue weighted by Crippen LogP contribution is -2.43. The molecule has 27 heavy (non-hydrogen) atoms. The van der Waals surface area contributed by atoms with Gasteiger partial charge in [0.15, 0.2) is 6.61 Å². The third kappa shape index (κ3) is 5.41. The van der Waals surface area contributed by atoms with Crippen molar-refractivity contribution in [1.82, 2.24) is 14.9 Å². The fourth-order valence-corrected chi connectivity index (χ4v) is 4.33. The number of rotatable bonds is 7. The van der Waals surface area contributed by atoms with Gasteiger partial charge in [0.25, 0.3) is 5.91 Å². The summed E-state index contributed by atoms with van der Waals surface area (Å²) in [6, 6.07) is 4.63. The van der Waals surface area contributed by atoms with Gasteiger partial charge in [-0.2, -0.15) is 4.31 Å². The second-order valence-corrected chi connectivity index (χ2v) is 8.11. The molecule has 0 unspecified atom stereocenters. The molecule has 0 radical (unpaired) electrons. The summed E-state index contributed by atoms with van der Waals surface area (Å²) in [6.45, 7) is -0.665. The smallest absolute Gasteiger partial charge is 0.324 e. The third-order valence-corrected chi connectivity index (χ3v) is 6.14. The van der Waals surface area contributed by atoms with Crippen molar-refractivity contribution in [2.75, 3.05) is 26.7 Å². The zero-order chi connectivity index (χ0) is 20.0. The van der Waals surface area contributed by atoms with Crippen LogP contribution in [0.2, 0.25) is 5.02 Å². The van der Waals surface area contributed by atoms with E-state index < -0.39 is 40.5 Å². The number of carbonyl (C=O) groups excluding carboxylic acids is 3. The molecule has 148 valence electrons. The number of amides is 2. The van der Waals surface area contributed by atoms with Gasteiger partial charge < -0.3 is 15.4 Å². The monoisotopic (exact) mass is 417 g/mol. The molecule has 0 saturated carbocycles. The second kappa shape index (κ2) is 9.16. The highest BCUT2D eigenvalue weighted by molar-refractivity contribution is 7.89. The van der Waals surface area contributed by atoms with E-state index in [0.717, 1.165) is 4.31 Å². The summed E-state index contributed by atoms with van der Waals surface area (Å²) in [5, 5.41) is 5.00. The van der Waals surface area contributed by atoms with Gasteiger partial charge in [-0.3, -0.25) is 14.4 Å². The molecular formula is C16H20ClN3O6S. The average Bonchev–Trinajstić information content (AvgIpc) is 3.15. The fourth-order valence-electron chi connectivity index (χ4n) is 2.56. The minimum absolute atomic E-state index is 0.0231. The van der Waals surface area contributed by atoms with Gasteiger partial charge in [0.2, 0.25) is 15.9 Å². The second-order valence-electron chi connectivity index (χ2n) is 5.79. The van der Waals surface area contributed by atoms with Crippen LogP contribution >= 0.6 is 11.6 Å². The number of nitrogens with one attached hydrogen (secondary N) is 2. The molecule has 2 rings (SSSR count). The van der Waals surface area contributed by atoms with Crippen molar-refractivity contribution in [2.45, 2.75) is 23.8 Å². The van der Waals surface area contributed by atoms with Crippen molar-refractivity contribution in [2.24, 2.45) is 0 Å². The lowest BCUT2D eigenvalue weighted by molar-refractivity contribution is -0.151. The van der Waals surface area contributed by atoms with Crippen molar-refractivity contribution < 1.29 is 27.5 Å². The number of benzene rings is 1. The molecule has 1 aromatic carbocycles. The highest BCUT2D eigenvalue weighted by atomic mass is 35.5. The van der Waals surface area contributed by atoms with Gasteiger partial charge >= 0.3 is 5.97 Å². The highest BCUT2D eigenvalue weighted by Crippen LogP contribution is 2.27. The van der Waals surface area contributed by atoms with Crippen LogP contribution in [-0.2, 0) is 29.1 Å². The lowest BCUT2D eigenvalue weighted by Gasteiger charge is -2.22. The van der Waals surface area contributed by atoms with E-state index in [9.17, 15) is 22.8 Å². The first-order valence-corrected chi connectivity index (χ1v) is 9.99. The number of sulfonamides is 1. The van der Waals surface area contributed by atoms with Gasteiger partial charge in [-0.05, 0) is 37.1 Å². The molecular weight excluding hydrogens is 398 g/mol. The zero-order valence-corrected chi connectivity index (χ0v) is 16.2. The molecule has 0 aromatic heterocycles. The predicted molar refractivity (Wildman–Crippen MR) is 96.4 cm³/mol. The Morgan fingerprint density at radius 1 is 1.22 bits per heavy atom. The molecule has 1 heterocycles. The quantitative estimate of drug-likeness (QED) is 0.597. The van der Waals surface area contributed by atoms with Crippen LogP contribution < -0.4 is 10.6 Å². The average molecular weight is 418 g/mol. The topological polar surface area (TPSA) is 122 Å². The van der Waals surface area contributed by atoms with Crippen molar-refractivity contribution in [3.8, 4) is 0 Å². The largest absolute Gasteiger partial charge is 0.454 e. The van der Waals surface area contributed by atoms with Crippen LogP contribution in [0.5, 0.6) is 0 Å². The number of esters is 1. The summed E-state index contributed by atoms with van der Waals surface area (Å²) >= 11 is 5.78. The lowest BCUT2D eigenvalue weighted by atomic mass is 10.2. The Balaban J connectivity index is 1.98. The Kier molecular flexibility index (Phi) is 7.17. The molecule has 1 aromatic rings. The molecule has 9 nitrogen and oxygen atoms in total. The van der Waals surface area contributed by atoms with E-state index >= 15 is 0 Å². The van der Waals surface area contributed by atoms with Crippen molar-refractivity contribution in [3.63, 3.8) is 0 Å². The molecule has 1 aliphatic heterocycles. The van der Waals surface area contributed by atoms with E-state index in [0.29, 0.717) is 17.9 Å². The van der Waals surface area contributed by atoms with Crippen LogP contribution in [0.1, 0.15) is 12.8 Å². The van der Waals surface area contributed by atoms with Crippen LogP contribution in [0, 0.1) is 0 Å². The highest BCUT2D eigenvalue weighted by Gasteiger charge is 2.40. The first-order chi connectivity index (χ1) is 12.8. The van der Waals surface area contributed by atoms with Crippen molar-refractivity contribution in [1.29, 1.82) is 0 Å². The molecule has 0 bridgehead atoms. The Morgan fingerprint density at radius 2 is 1.89 bits per heavy atom. The van der Waals surface area contributed by atoms with Crippen LogP contribution in [0.3, 0.4) is 0 Å². The van der Waals surface area contributed by atoms with Gasteiger partial charge in [0, 0.05) is 18.6 Å². The Bertz CT molecular complexity index is 812. The minimum atomic E-state index is -3.89. The van der Waals surface area contributed by atoms with Gasteiger partial charge in [0.1, 0.15) is 6.04 Å². The van der Waals surface area contributed by atoms with Gasteiger partial charge in [-0.1, -0.05) is 11.6 Å². The number of likely N-dealkylation sites (N-methyl/N-ethyl adjacent to an activating group) is 1. The summed E-state index contributed by atoms with van der Waals surface area (Å²) < 4.78 is 31.5. The van der Waals surface area contributed by atoms with Crippen molar-refractivity contribution >= 4 is 39.4 Å². The standard InChI is InChI=1S/C16H20ClN3O6S/c1-18-14(21)9-19-15(22)10-26-16(23)13-3-2-8-20(13)27(24,25)12-6-4-11(17)5-7-12/h4-7,13H,2-3,8-10H2,1H3,(H,18,21)(H,19,22)/t13-/m0/s1. The summed E-state index contributed by atoms with van der Waals surface area (Å²) in [5.41, 5.74) is 0. The number of hydrogen-bond donors (Lipinski definition) is 2. The molecule has 1 atom stereocenters. The number of hydrogen-bond acceptors (Lipinski definition) is 6. The normalized spacial score (nSPS) is 17.3. The van der Waals surface area contributed by atoms with E-state index in [1.807, 2.05) is 0 Å². The third-order valence-electron chi connectivity index (χ3n) is 3.97. The summed E-state index contributed by atoms with van der Waals surface area (Å²) in [7, 11) is -2.47. The van der Waals surface area contributed by atoms with Gasteiger partial charge in [-0.15, -0.1) is 0 Å². The maximum Gasteiger partial charge on any atom is 0.324 e. The Labute approximate surface area is 162 Å². The SMILES string of the molecule is CNC(=O)CNC(=O)COC(=O)[C@@H]1CCCN1S(=O)(=O)c1ccc(Cl)cc1. The van der Waals surface area contributed by atoms with Gasteiger partial charge in [-0.25, -0.2) is 8.42 Å². The van der Waals surface area contributed by atoms with Crippen molar-refractivity contribution in [3.05, 3.63) is 29.3 Å². The van der Waals surface area contributed by atoms with E-state index in [2.05, 4.69) is 10.6 Å². The molecule has 1 saturated heterocycles. The van der Waals surface area contributed by atoms with Crippen LogP contribution in [-0.4, -0.2) is 63.3 Å². The predicted octanol–water partition coefficient (Wildman–Crippen LogP) is -0.101. The van der Waals surface area contributed by atoms with Gasteiger partial charge in [0.05, 0.1) is 11.4 Å². The zero-order valence-electron chi connectivity index (χ0n) is 14.6. The molecule has 1 aliphatic rings. The summed E-state index contributed by atoms with van der Waals surface area (Å²) in [6.07, 6.45) is 0.793. The van der Waals surface area contributed by atoms with E-state index in [-0.39, 0.29) is 18.0 Å². The maximum absolute atomic E-state index is 12.8. The summed E-state index contributed by atoms with van der Waals surface area (Å²) in [5.74, 6) is -1.86. The molecule has 1 fully saturated rings. The van der Waals surface area contributed by atoms with Crippen LogP contribution in [0.25, 0.3) is 0 Å². The summed E-state index contributed by atoms with van der Waals surface area (Å²) in [4.78, 5) is 35.0. The maximum atomic E-state index is 12.8. The molecule has 11 heteroatoms. The number of nitrogens with zero attached hydrogens (tertiary/aromatic N) is 1.